The number of methoxy groups -OCH3 is 1. The van der Waals surface area contributed by atoms with Crippen LogP contribution in [0.3, 0.4) is 0 Å². The van der Waals surface area contributed by atoms with E-state index in [0.717, 1.165) is 23.0 Å². The van der Waals surface area contributed by atoms with Gasteiger partial charge in [0.1, 0.15) is 0 Å². The minimum atomic E-state index is 0.114. The van der Waals surface area contributed by atoms with Gasteiger partial charge in [0, 0.05) is 36.3 Å². The molecule has 1 aromatic heterocycles. The van der Waals surface area contributed by atoms with E-state index in [9.17, 15) is 0 Å². The molecule has 0 saturated carbocycles. The van der Waals surface area contributed by atoms with Gasteiger partial charge in [-0.3, -0.25) is 0 Å². The number of benzene rings is 1. The smallest absolute Gasteiger partial charge is 0.221 e. The van der Waals surface area contributed by atoms with Gasteiger partial charge in [-0.25, -0.2) is 4.98 Å². The zero-order valence-corrected chi connectivity index (χ0v) is 11.6. The SMILES string of the molecule is COCCNc1cccc2c(OC(C)C)nccc12. The molecule has 4 nitrogen and oxygen atoms in total. The van der Waals surface area contributed by atoms with Gasteiger partial charge in [0.15, 0.2) is 0 Å². The van der Waals surface area contributed by atoms with Crippen molar-refractivity contribution in [2.75, 3.05) is 25.6 Å². The van der Waals surface area contributed by atoms with Crippen LogP contribution in [0, 0.1) is 0 Å². The maximum Gasteiger partial charge on any atom is 0.221 e. The van der Waals surface area contributed by atoms with Crippen molar-refractivity contribution >= 4 is 16.5 Å². The number of hydrogen-bond donors (Lipinski definition) is 1. The molecule has 0 fully saturated rings. The van der Waals surface area contributed by atoms with E-state index in [1.807, 2.05) is 32.0 Å². The number of nitrogens with one attached hydrogen (secondary N) is 1. The molecule has 0 aliphatic heterocycles. The Morgan fingerprint density at radius 3 is 2.79 bits per heavy atom. The van der Waals surface area contributed by atoms with Crippen LogP contribution in [0.15, 0.2) is 30.5 Å². The number of hydrogen-bond acceptors (Lipinski definition) is 4. The van der Waals surface area contributed by atoms with E-state index in [1.54, 1.807) is 13.3 Å². The summed E-state index contributed by atoms with van der Waals surface area (Å²) in [6.07, 6.45) is 1.89. The molecule has 2 aromatic rings. The number of anilines is 1. The average Bonchev–Trinajstić information content (AvgIpc) is 2.39. The van der Waals surface area contributed by atoms with E-state index < -0.39 is 0 Å². The Balaban J connectivity index is 2.34. The first-order chi connectivity index (χ1) is 9.22. The normalized spacial score (nSPS) is 10.9. The van der Waals surface area contributed by atoms with E-state index in [2.05, 4.69) is 16.4 Å². The fourth-order valence-corrected chi connectivity index (χ4v) is 1.94. The van der Waals surface area contributed by atoms with Crippen molar-refractivity contribution in [3.8, 4) is 5.88 Å². The zero-order chi connectivity index (χ0) is 13.7. The summed E-state index contributed by atoms with van der Waals surface area (Å²) in [6, 6.07) is 8.09. The monoisotopic (exact) mass is 260 g/mol. The Kier molecular flexibility index (Phi) is 4.58. The van der Waals surface area contributed by atoms with Crippen LogP contribution >= 0.6 is 0 Å². The highest BCUT2D eigenvalue weighted by Crippen LogP contribution is 2.29. The van der Waals surface area contributed by atoms with Gasteiger partial charge >= 0.3 is 0 Å². The van der Waals surface area contributed by atoms with Crippen molar-refractivity contribution in [1.29, 1.82) is 0 Å². The molecule has 0 aliphatic rings. The van der Waals surface area contributed by atoms with E-state index in [-0.39, 0.29) is 6.10 Å². The van der Waals surface area contributed by atoms with E-state index >= 15 is 0 Å². The number of pyridine rings is 1. The van der Waals surface area contributed by atoms with Gasteiger partial charge in [-0.15, -0.1) is 0 Å². The highest BCUT2D eigenvalue weighted by molar-refractivity contribution is 5.96. The lowest BCUT2D eigenvalue weighted by molar-refractivity contribution is 0.211. The van der Waals surface area contributed by atoms with Crippen LogP contribution in [0.25, 0.3) is 10.8 Å². The van der Waals surface area contributed by atoms with Crippen LogP contribution in [0.5, 0.6) is 5.88 Å². The molecule has 0 spiro atoms. The quantitative estimate of drug-likeness (QED) is 0.811. The molecular weight excluding hydrogens is 240 g/mol. The Bertz CT molecular complexity index is 541. The van der Waals surface area contributed by atoms with Crippen LogP contribution in [-0.2, 0) is 4.74 Å². The Morgan fingerprint density at radius 2 is 2.05 bits per heavy atom. The molecule has 19 heavy (non-hydrogen) atoms. The van der Waals surface area contributed by atoms with Gasteiger partial charge in [-0.2, -0.15) is 0 Å². The first-order valence-corrected chi connectivity index (χ1v) is 6.49. The largest absolute Gasteiger partial charge is 0.475 e. The summed E-state index contributed by atoms with van der Waals surface area (Å²) in [5.41, 5.74) is 1.07. The third-order valence-electron chi connectivity index (χ3n) is 2.74. The number of rotatable bonds is 6. The minimum absolute atomic E-state index is 0.114. The first-order valence-electron chi connectivity index (χ1n) is 6.49. The third-order valence-corrected chi connectivity index (χ3v) is 2.74. The highest BCUT2D eigenvalue weighted by Gasteiger charge is 2.08. The highest BCUT2D eigenvalue weighted by atomic mass is 16.5. The van der Waals surface area contributed by atoms with E-state index in [4.69, 9.17) is 9.47 Å². The summed E-state index contributed by atoms with van der Waals surface area (Å²) in [5.74, 6) is 0.683. The van der Waals surface area contributed by atoms with E-state index in [0.29, 0.717) is 12.5 Å². The molecule has 0 saturated heterocycles. The van der Waals surface area contributed by atoms with Crippen LogP contribution in [-0.4, -0.2) is 31.3 Å². The molecule has 0 radical (unpaired) electrons. The Morgan fingerprint density at radius 1 is 1.21 bits per heavy atom. The minimum Gasteiger partial charge on any atom is -0.475 e. The van der Waals surface area contributed by atoms with Crippen molar-refractivity contribution < 1.29 is 9.47 Å². The number of aromatic nitrogens is 1. The molecule has 0 atom stereocenters. The van der Waals surface area contributed by atoms with Gasteiger partial charge < -0.3 is 14.8 Å². The summed E-state index contributed by atoms with van der Waals surface area (Å²) in [6.45, 7) is 5.46. The fourth-order valence-electron chi connectivity index (χ4n) is 1.94. The van der Waals surface area contributed by atoms with Crippen LogP contribution in [0.2, 0.25) is 0 Å². The predicted molar refractivity (Wildman–Crippen MR) is 77.9 cm³/mol. The van der Waals surface area contributed by atoms with Crippen LogP contribution in [0.1, 0.15) is 13.8 Å². The molecule has 2 rings (SSSR count). The second kappa shape index (κ2) is 6.38. The van der Waals surface area contributed by atoms with Crippen molar-refractivity contribution in [2.24, 2.45) is 0 Å². The molecule has 0 aliphatic carbocycles. The summed E-state index contributed by atoms with van der Waals surface area (Å²) < 4.78 is 10.8. The van der Waals surface area contributed by atoms with Gasteiger partial charge in [0.2, 0.25) is 5.88 Å². The molecule has 1 aromatic carbocycles. The fraction of sp³-hybridized carbons (Fsp3) is 0.400. The molecule has 0 amide bonds. The molecule has 1 heterocycles. The lowest BCUT2D eigenvalue weighted by Gasteiger charge is -2.13. The van der Waals surface area contributed by atoms with Crippen molar-refractivity contribution in [3.63, 3.8) is 0 Å². The maximum atomic E-state index is 5.74. The number of fused-ring (bicyclic) bond motifs is 1. The number of ether oxygens (including phenoxy) is 2. The summed E-state index contributed by atoms with van der Waals surface area (Å²) in [4.78, 5) is 4.31. The van der Waals surface area contributed by atoms with Crippen LogP contribution < -0.4 is 10.1 Å². The van der Waals surface area contributed by atoms with Gasteiger partial charge in [0.05, 0.1) is 12.7 Å². The lowest BCUT2D eigenvalue weighted by Crippen LogP contribution is -2.09. The molecule has 1 N–H and O–H groups in total. The topological polar surface area (TPSA) is 43.4 Å². The molecule has 0 bridgehead atoms. The molecule has 102 valence electrons. The number of nitrogens with zero attached hydrogens (tertiary/aromatic N) is 1. The molecular formula is C15H20N2O2. The first kappa shape index (κ1) is 13.6. The Labute approximate surface area is 113 Å². The summed E-state index contributed by atoms with van der Waals surface area (Å²) in [7, 11) is 1.70. The standard InChI is InChI=1S/C15H20N2O2/c1-11(2)19-15-13-5-4-6-14(16-9-10-18-3)12(13)7-8-17-15/h4-8,11,16H,9-10H2,1-3H3. The van der Waals surface area contributed by atoms with Gasteiger partial charge in [-0.05, 0) is 32.0 Å². The lowest BCUT2D eigenvalue weighted by atomic mass is 10.1. The summed E-state index contributed by atoms with van der Waals surface area (Å²) in [5, 5.41) is 5.50. The van der Waals surface area contributed by atoms with Crippen LogP contribution in [0.4, 0.5) is 5.69 Å². The molecule has 4 heteroatoms. The maximum absolute atomic E-state index is 5.74. The van der Waals surface area contributed by atoms with Crippen molar-refractivity contribution in [2.45, 2.75) is 20.0 Å². The van der Waals surface area contributed by atoms with E-state index in [1.165, 1.54) is 0 Å². The van der Waals surface area contributed by atoms with Crippen molar-refractivity contribution in [3.05, 3.63) is 30.5 Å². The second-order valence-corrected chi connectivity index (χ2v) is 4.60. The van der Waals surface area contributed by atoms with Crippen molar-refractivity contribution in [1.82, 2.24) is 4.98 Å². The van der Waals surface area contributed by atoms with Gasteiger partial charge in [0.25, 0.3) is 0 Å². The summed E-state index contributed by atoms with van der Waals surface area (Å²) >= 11 is 0. The predicted octanol–water partition coefficient (Wildman–Crippen LogP) is 3.08. The Hall–Kier alpha value is -1.81. The molecule has 0 unspecified atom stereocenters. The zero-order valence-electron chi connectivity index (χ0n) is 11.6. The average molecular weight is 260 g/mol. The second-order valence-electron chi connectivity index (χ2n) is 4.60. The van der Waals surface area contributed by atoms with Gasteiger partial charge in [-0.1, -0.05) is 6.07 Å². The third kappa shape index (κ3) is 3.35.